The van der Waals surface area contributed by atoms with Crippen molar-refractivity contribution >= 4 is 27.7 Å². The second-order valence-electron chi connectivity index (χ2n) is 8.79. The number of H-pyrrole nitrogens is 1. The zero-order valence-electron chi connectivity index (χ0n) is 19.0. The smallest absolute Gasteiger partial charge is 0.225 e. The van der Waals surface area contributed by atoms with Crippen LogP contribution < -0.4 is 4.74 Å². The first-order valence-electron chi connectivity index (χ1n) is 11.2. The zero-order chi connectivity index (χ0) is 24.0. The number of nitrogens with one attached hydrogen (secondary N) is 1. The Bertz CT molecular complexity index is 1390. The highest BCUT2D eigenvalue weighted by Crippen LogP contribution is 2.35. The number of hydrogen-bond donors (Lipinski definition) is 2. The van der Waals surface area contributed by atoms with Gasteiger partial charge in [-0.3, -0.25) is 9.78 Å². The zero-order valence-corrected chi connectivity index (χ0v) is 19.0. The normalized spacial score (nSPS) is 14.4. The van der Waals surface area contributed by atoms with Crippen LogP contribution in [-0.4, -0.2) is 45.6 Å². The molecule has 2 aromatic carbocycles. The van der Waals surface area contributed by atoms with E-state index < -0.39 is 23.5 Å². The molecule has 3 heterocycles. The Kier molecular flexibility index (Phi) is 5.69. The summed E-state index contributed by atoms with van der Waals surface area (Å²) in [7, 11) is 1.23. The van der Waals surface area contributed by atoms with Gasteiger partial charge in [0.05, 0.1) is 43.1 Å². The summed E-state index contributed by atoms with van der Waals surface area (Å²) in [5.41, 5.74) is 4.71. The predicted octanol–water partition coefficient (Wildman–Crippen LogP) is 4.25. The van der Waals surface area contributed by atoms with Gasteiger partial charge in [-0.2, -0.15) is 0 Å². The Labute approximate surface area is 195 Å². The van der Waals surface area contributed by atoms with Crippen molar-refractivity contribution in [1.82, 2.24) is 14.9 Å². The Morgan fingerprint density at radius 1 is 1.26 bits per heavy atom. The van der Waals surface area contributed by atoms with E-state index in [9.17, 15) is 18.7 Å². The molecule has 5 rings (SSSR count). The Balaban J connectivity index is 1.63. The number of rotatable bonds is 5. The first-order valence-corrected chi connectivity index (χ1v) is 11.2. The summed E-state index contributed by atoms with van der Waals surface area (Å²) in [4.78, 5) is 22.6. The van der Waals surface area contributed by atoms with Crippen molar-refractivity contribution in [2.75, 3.05) is 13.7 Å². The van der Waals surface area contributed by atoms with Gasteiger partial charge in [0.15, 0.2) is 17.4 Å². The predicted molar refractivity (Wildman–Crippen MR) is 125 cm³/mol. The van der Waals surface area contributed by atoms with Crippen molar-refractivity contribution in [1.29, 1.82) is 0 Å². The maximum Gasteiger partial charge on any atom is 0.225 e. The molecule has 1 atom stereocenters. The van der Waals surface area contributed by atoms with Gasteiger partial charge in [0.25, 0.3) is 0 Å². The average Bonchev–Trinajstić information content (AvgIpc) is 3.18. The highest BCUT2D eigenvalue weighted by atomic mass is 19.1. The van der Waals surface area contributed by atoms with E-state index >= 15 is 0 Å². The van der Waals surface area contributed by atoms with Crippen LogP contribution in [0.5, 0.6) is 5.75 Å². The molecule has 176 valence electrons. The van der Waals surface area contributed by atoms with Gasteiger partial charge < -0.3 is 19.7 Å². The van der Waals surface area contributed by atoms with Crippen LogP contribution in [-0.2, 0) is 24.2 Å². The van der Waals surface area contributed by atoms with Crippen molar-refractivity contribution in [3.05, 3.63) is 70.5 Å². The maximum atomic E-state index is 14.4. The Morgan fingerprint density at radius 3 is 2.71 bits per heavy atom. The summed E-state index contributed by atoms with van der Waals surface area (Å²) in [6.45, 7) is 2.46. The van der Waals surface area contributed by atoms with Crippen LogP contribution in [0, 0.1) is 11.6 Å². The summed E-state index contributed by atoms with van der Waals surface area (Å²) in [6, 6.07) is 10.5. The lowest BCUT2D eigenvalue weighted by atomic mass is 9.96. The summed E-state index contributed by atoms with van der Waals surface area (Å²) in [5, 5.41) is 11.7. The van der Waals surface area contributed by atoms with Crippen LogP contribution in [0.4, 0.5) is 8.78 Å². The van der Waals surface area contributed by atoms with Gasteiger partial charge in [0, 0.05) is 29.3 Å². The molecule has 1 aliphatic rings. The minimum absolute atomic E-state index is 0.0575. The van der Waals surface area contributed by atoms with E-state index in [4.69, 9.17) is 9.72 Å². The molecule has 0 saturated heterocycles. The molecule has 0 saturated carbocycles. The standard InChI is InChI=1S/C26H25F2N3O3/c1-14(32)9-23(33)31-8-7-17-22(13-31)29-21(12-15-10-18(27)26(34-2)19(28)11-15)25-24(17)16-5-3-4-6-20(16)30-25/h3-6,10-11,14,30,32H,7-9,12-13H2,1-2H3. The van der Waals surface area contributed by atoms with E-state index in [1.54, 1.807) is 11.8 Å². The van der Waals surface area contributed by atoms with Gasteiger partial charge in [-0.25, -0.2) is 8.78 Å². The molecule has 0 radical (unpaired) electrons. The average molecular weight is 466 g/mol. The van der Waals surface area contributed by atoms with Crippen molar-refractivity contribution in [2.45, 2.75) is 38.8 Å². The first-order chi connectivity index (χ1) is 16.4. The number of aliphatic hydroxyl groups excluding tert-OH is 1. The third-order valence-corrected chi connectivity index (χ3v) is 6.34. The molecular formula is C26H25F2N3O3. The number of methoxy groups -OCH3 is 1. The number of benzene rings is 2. The van der Waals surface area contributed by atoms with Crippen molar-refractivity contribution < 1.29 is 23.4 Å². The van der Waals surface area contributed by atoms with Crippen LogP contribution in [0.3, 0.4) is 0 Å². The minimum Gasteiger partial charge on any atom is -0.491 e. The highest BCUT2D eigenvalue weighted by Gasteiger charge is 2.27. The molecule has 0 spiro atoms. The summed E-state index contributed by atoms with van der Waals surface area (Å²) in [5.74, 6) is -2.07. The highest BCUT2D eigenvalue weighted by molar-refractivity contribution is 6.10. The molecule has 0 aliphatic carbocycles. The van der Waals surface area contributed by atoms with Gasteiger partial charge in [-0.15, -0.1) is 0 Å². The molecular weight excluding hydrogens is 440 g/mol. The van der Waals surface area contributed by atoms with Crippen molar-refractivity contribution in [2.24, 2.45) is 0 Å². The number of halogens is 2. The van der Waals surface area contributed by atoms with E-state index in [2.05, 4.69) is 4.98 Å². The number of carbonyl (C=O) groups excluding carboxylic acids is 1. The van der Waals surface area contributed by atoms with E-state index in [0.29, 0.717) is 30.8 Å². The van der Waals surface area contributed by atoms with Crippen LogP contribution >= 0.6 is 0 Å². The summed E-state index contributed by atoms with van der Waals surface area (Å²) < 4.78 is 33.5. The molecule has 1 amide bonds. The minimum atomic E-state index is -0.766. The van der Waals surface area contributed by atoms with Crippen LogP contribution in [0.2, 0.25) is 0 Å². The number of aliphatic hydroxyl groups is 1. The fourth-order valence-electron chi connectivity index (χ4n) is 4.83. The summed E-state index contributed by atoms with van der Waals surface area (Å²) >= 11 is 0. The fraction of sp³-hybridized carbons (Fsp3) is 0.308. The van der Waals surface area contributed by atoms with E-state index in [-0.39, 0.29) is 18.7 Å². The monoisotopic (exact) mass is 465 g/mol. The molecule has 1 unspecified atom stereocenters. The molecule has 34 heavy (non-hydrogen) atoms. The number of pyridine rings is 1. The van der Waals surface area contributed by atoms with Crippen molar-refractivity contribution in [3.63, 3.8) is 0 Å². The second kappa shape index (κ2) is 8.68. The number of fused-ring (bicyclic) bond motifs is 5. The topological polar surface area (TPSA) is 78.5 Å². The molecule has 0 fully saturated rings. The SMILES string of the molecule is COc1c(F)cc(Cc2nc3c(c4c2[nH]c2ccccc24)CCN(C(=O)CC(C)O)C3)cc1F. The molecule has 4 aromatic rings. The van der Waals surface area contributed by atoms with Gasteiger partial charge in [0.2, 0.25) is 5.91 Å². The Hall–Kier alpha value is -3.52. The number of ether oxygens (including phenoxy) is 1. The third-order valence-electron chi connectivity index (χ3n) is 6.34. The Morgan fingerprint density at radius 2 is 2.00 bits per heavy atom. The number of para-hydroxylation sites is 1. The quantitative estimate of drug-likeness (QED) is 0.462. The van der Waals surface area contributed by atoms with Gasteiger partial charge >= 0.3 is 0 Å². The number of aromatic nitrogens is 2. The van der Waals surface area contributed by atoms with Gasteiger partial charge in [0.1, 0.15) is 0 Å². The number of amides is 1. The summed E-state index contributed by atoms with van der Waals surface area (Å²) in [6.07, 6.45) is 0.185. The number of aromatic amines is 1. The molecule has 1 aliphatic heterocycles. The number of hydrogen-bond acceptors (Lipinski definition) is 4. The molecule has 2 N–H and O–H groups in total. The largest absolute Gasteiger partial charge is 0.491 e. The van der Waals surface area contributed by atoms with Gasteiger partial charge in [-0.1, -0.05) is 18.2 Å². The first kappa shape index (κ1) is 22.3. The van der Waals surface area contributed by atoms with E-state index in [0.717, 1.165) is 33.1 Å². The fourth-order valence-corrected chi connectivity index (χ4v) is 4.83. The van der Waals surface area contributed by atoms with Crippen molar-refractivity contribution in [3.8, 4) is 5.75 Å². The maximum absolute atomic E-state index is 14.4. The lowest BCUT2D eigenvalue weighted by molar-refractivity contribution is -0.134. The van der Waals surface area contributed by atoms with E-state index in [1.807, 2.05) is 24.3 Å². The third kappa shape index (κ3) is 3.88. The second-order valence-corrected chi connectivity index (χ2v) is 8.79. The van der Waals surface area contributed by atoms with Gasteiger partial charge in [-0.05, 0) is 42.7 Å². The molecule has 2 aromatic heterocycles. The van der Waals surface area contributed by atoms with Crippen LogP contribution in [0.1, 0.15) is 35.9 Å². The lowest BCUT2D eigenvalue weighted by Gasteiger charge is -2.29. The molecule has 8 heteroatoms. The number of carbonyl (C=O) groups is 1. The molecule has 0 bridgehead atoms. The molecule has 6 nitrogen and oxygen atoms in total. The van der Waals surface area contributed by atoms with E-state index in [1.165, 1.54) is 19.2 Å². The van der Waals surface area contributed by atoms with Crippen LogP contribution in [0.25, 0.3) is 21.8 Å². The number of nitrogens with zero attached hydrogens (tertiary/aromatic N) is 2. The van der Waals surface area contributed by atoms with Crippen LogP contribution in [0.15, 0.2) is 36.4 Å². The lowest BCUT2D eigenvalue weighted by Crippen LogP contribution is -2.38.